The maximum Gasteiger partial charge on any atom is 0.285 e. The van der Waals surface area contributed by atoms with Gasteiger partial charge in [0.15, 0.2) is 0 Å². The molecule has 1 aliphatic heterocycles. The first-order valence-corrected chi connectivity index (χ1v) is 8.22. The normalized spacial score (nSPS) is 20.9. The molecule has 0 aromatic heterocycles. The minimum atomic E-state index is -2.78. The topological polar surface area (TPSA) is 12.0 Å². The Kier molecular flexibility index (Phi) is 5.33. The molecule has 1 saturated heterocycles. The summed E-state index contributed by atoms with van der Waals surface area (Å²) >= 11 is 3.79. The van der Waals surface area contributed by atoms with Gasteiger partial charge in [-0.05, 0) is 0 Å². The van der Waals surface area contributed by atoms with Gasteiger partial charge in [-0.2, -0.15) is 32.3 Å². The summed E-state index contributed by atoms with van der Waals surface area (Å²) in [6.45, 7) is 0.388. The summed E-state index contributed by atoms with van der Waals surface area (Å²) in [5, 5.41) is 3.38. The molecule has 1 aromatic carbocycles. The van der Waals surface area contributed by atoms with Crippen molar-refractivity contribution in [1.82, 2.24) is 5.32 Å². The number of alkyl halides is 2. The van der Waals surface area contributed by atoms with Crippen LogP contribution in [0.5, 0.6) is 0 Å². The first-order valence-electron chi connectivity index (χ1n) is 6.02. The van der Waals surface area contributed by atoms with Crippen LogP contribution in [0.1, 0.15) is 5.56 Å². The van der Waals surface area contributed by atoms with Crippen LogP contribution in [0.3, 0.4) is 0 Å². The molecule has 1 aliphatic rings. The van der Waals surface area contributed by atoms with Gasteiger partial charge in [0.05, 0.1) is 6.54 Å². The van der Waals surface area contributed by atoms with E-state index < -0.39 is 5.92 Å². The predicted molar refractivity (Wildman–Crippen MR) is 76.8 cm³/mol. The Balaban J connectivity index is 1.78. The molecule has 0 aliphatic carbocycles. The zero-order valence-corrected chi connectivity index (χ0v) is 11.7. The SMILES string of the molecule is FC(F)(CNCC1CSCCS1)c1ccccc1. The van der Waals surface area contributed by atoms with Gasteiger partial charge in [-0.15, -0.1) is 0 Å². The first kappa shape index (κ1) is 14.2. The Hall–Kier alpha value is -0.260. The fourth-order valence-electron chi connectivity index (χ4n) is 1.83. The Morgan fingerprint density at radius 1 is 1.22 bits per heavy atom. The maximum atomic E-state index is 13.8. The van der Waals surface area contributed by atoms with Crippen LogP contribution >= 0.6 is 23.5 Å². The van der Waals surface area contributed by atoms with Gasteiger partial charge < -0.3 is 5.32 Å². The molecule has 0 bridgehead atoms. The van der Waals surface area contributed by atoms with Crippen molar-refractivity contribution in [3.8, 4) is 0 Å². The van der Waals surface area contributed by atoms with E-state index in [1.807, 2.05) is 23.5 Å². The van der Waals surface area contributed by atoms with Crippen molar-refractivity contribution in [2.45, 2.75) is 11.2 Å². The summed E-state index contributed by atoms with van der Waals surface area (Å²) in [5.74, 6) is 0.593. The highest BCUT2D eigenvalue weighted by atomic mass is 32.2. The molecular weight excluding hydrogens is 272 g/mol. The summed E-state index contributed by atoms with van der Waals surface area (Å²) in [6.07, 6.45) is 0. The van der Waals surface area contributed by atoms with E-state index in [0.717, 1.165) is 11.5 Å². The first-order chi connectivity index (χ1) is 8.68. The summed E-state index contributed by atoms with van der Waals surface area (Å²) < 4.78 is 27.7. The summed E-state index contributed by atoms with van der Waals surface area (Å²) in [7, 11) is 0. The van der Waals surface area contributed by atoms with Gasteiger partial charge in [-0.25, -0.2) is 0 Å². The van der Waals surface area contributed by atoms with Crippen LogP contribution in [0.2, 0.25) is 0 Å². The molecule has 1 unspecified atom stereocenters. The van der Waals surface area contributed by atoms with Gasteiger partial charge in [-0.3, -0.25) is 0 Å². The van der Waals surface area contributed by atoms with Crippen LogP contribution in [0.25, 0.3) is 0 Å². The van der Waals surface area contributed by atoms with E-state index in [1.165, 1.54) is 17.9 Å². The number of rotatable bonds is 5. The van der Waals surface area contributed by atoms with Crippen LogP contribution in [0.15, 0.2) is 30.3 Å². The summed E-state index contributed by atoms with van der Waals surface area (Å²) in [5.41, 5.74) is 0.0863. The summed E-state index contributed by atoms with van der Waals surface area (Å²) in [6, 6.07) is 8.01. The monoisotopic (exact) mass is 289 g/mol. The minimum absolute atomic E-state index is 0.0863. The van der Waals surface area contributed by atoms with Crippen molar-refractivity contribution in [3.63, 3.8) is 0 Å². The average Bonchev–Trinajstić information content (AvgIpc) is 2.41. The van der Waals surface area contributed by atoms with Crippen LogP contribution in [0.4, 0.5) is 8.78 Å². The van der Waals surface area contributed by atoms with Gasteiger partial charge in [0.2, 0.25) is 0 Å². The molecular formula is C13H17F2NS2. The van der Waals surface area contributed by atoms with Gasteiger partial charge in [-0.1, -0.05) is 30.3 Å². The second kappa shape index (κ2) is 6.78. The number of hydrogen-bond donors (Lipinski definition) is 1. The van der Waals surface area contributed by atoms with Crippen LogP contribution in [-0.2, 0) is 5.92 Å². The highest BCUT2D eigenvalue weighted by molar-refractivity contribution is 8.06. The molecule has 18 heavy (non-hydrogen) atoms. The molecule has 2 rings (SSSR count). The Morgan fingerprint density at radius 2 is 2.00 bits per heavy atom. The van der Waals surface area contributed by atoms with Crippen LogP contribution in [-0.4, -0.2) is 35.6 Å². The lowest BCUT2D eigenvalue weighted by Crippen LogP contribution is -2.36. The number of hydrogen-bond acceptors (Lipinski definition) is 3. The van der Waals surface area contributed by atoms with Gasteiger partial charge in [0, 0.05) is 34.6 Å². The predicted octanol–water partition coefficient (Wildman–Crippen LogP) is 3.22. The van der Waals surface area contributed by atoms with Crippen molar-refractivity contribution in [2.24, 2.45) is 0 Å². The largest absolute Gasteiger partial charge is 0.310 e. The molecule has 0 spiro atoms. The number of thioether (sulfide) groups is 2. The number of halogens is 2. The molecule has 1 aromatic rings. The molecule has 1 heterocycles. The van der Waals surface area contributed by atoms with Crippen molar-refractivity contribution in [3.05, 3.63) is 35.9 Å². The fourth-order valence-corrected chi connectivity index (χ4v) is 4.47. The van der Waals surface area contributed by atoms with E-state index in [2.05, 4.69) is 5.32 Å². The van der Waals surface area contributed by atoms with Crippen LogP contribution < -0.4 is 5.32 Å². The number of nitrogens with one attached hydrogen (secondary N) is 1. The maximum absolute atomic E-state index is 13.8. The molecule has 1 N–H and O–H groups in total. The lowest BCUT2D eigenvalue weighted by molar-refractivity contribution is -0.00280. The van der Waals surface area contributed by atoms with Crippen LogP contribution in [0, 0.1) is 0 Å². The molecule has 1 fully saturated rings. The Morgan fingerprint density at radius 3 is 2.67 bits per heavy atom. The molecule has 0 amide bonds. The van der Waals surface area contributed by atoms with E-state index >= 15 is 0 Å². The lowest BCUT2D eigenvalue weighted by atomic mass is 10.1. The molecule has 1 nitrogen and oxygen atoms in total. The van der Waals surface area contributed by atoms with Gasteiger partial charge in [0.1, 0.15) is 0 Å². The van der Waals surface area contributed by atoms with Crippen molar-refractivity contribution >= 4 is 23.5 Å². The molecule has 100 valence electrons. The van der Waals surface area contributed by atoms with Gasteiger partial charge in [0.25, 0.3) is 5.92 Å². The van der Waals surface area contributed by atoms with E-state index in [-0.39, 0.29) is 12.1 Å². The lowest BCUT2D eigenvalue weighted by Gasteiger charge is -2.23. The third kappa shape index (κ3) is 4.14. The average molecular weight is 289 g/mol. The number of benzene rings is 1. The molecule has 0 radical (unpaired) electrons. The minimum Gasteiger partial charge on any atom is -0.310 e. The highest BCUT2D eigenvalue weighted by Gasteiger charge is 2.30. The zero-order chi connectivity index (χ0) is 12.8. The van der Waals surface area contributed by atoms with Crippen molar-refractivity contribution < 1.29 is 8.78 Å². The zero-order valence-electron chi connectivity index (χ0n) is 10.1. The van der Waals surface area contributed by atoms with E-state index in [9.17, 15) is 8.78 Å². The third-order valence-corrected chi connectivity index (χ3v) is 5.64. The Labute approximate surface area is 115 Å². The second-order valence-corrected chi connectivity index (χ2v) is 6.83. The van der Waals surface area contributed by atoms with Gasteiger partial charge >= 0.3 is 0 Å². The molecule has 5 heteroatoms. The molecule has 1 atom stereocenters. The van der Waals surface area contributed by atoms with Crippen molar-refractivity contribution in [2.75, 3.05) is 30.3 Å². The van der Waals surface area contributed by atoms with E-state index in [0.29, 0.717) is 11.8 Å². The Bertz CT molecular complexity index is 353. The third-order valence-electron chi connectivity index (χ3n) is 2.80. The van der Waals surface area contributed by atoms with Crippen molar-refractivity contribution in [1.29, 1.82) is 0 Å². The second-order valence-electron chi connectivity index (χ2n) is 4.27. The standard InChI is InChI=1S/C13H17F2NS2/c14-13(15,11-4-2-1-3-5-11)10-16-8-12-9-17-6-7-18-12/h1-5,12,16H,6-10H2. The smallest absolute Gasteiger partial charge is 0.285 e. The summed E-state index contributed by atoms with van der Waals surface area (Å²) in [4.78, 5) is 0. The quantitative estimate of drug-likeness (QED) is 0.894. The van der Waals surface area contributed by atoms with E-state index in [4.69, 9.17) is 0 Å². The highest BCUT2D eigenvalue weighted by Crippen LogP contribution is 2.27. The van der Waals surface area contributed by atoms with E-state index in [1.54, 1.807) is 18.2 Å². The fraction of sp³-hybridized carbons (Fsp3) is 0.538. The molecule has 0 saturated carbocycles.